The minimum Gasteiger partial charge on any atom is -0.148 e. The Morgan fingerprint density at radius 3 is 2.82 bits per heavy atom. The second-order valence-electron chi connectivity index (χ2n) is 6.84. The highest BCUT2D eigenvalue weighted by Gasteiger charge is 2.18. The van der Waals surface area contributed by atoms with Crippen LogP contribution < -0.4 is 0 Å². The predicted molar refractivity (Wildman–Crippen MR) is 99.0 cm³/mol. The fourth-order valence-corrected chi connectivity index (χ4v) is 4.97. The summed E-state index contributed by atoms with van der Waals surface area (Å²) in [5, 5.41) is 2.36. The maximum Gasteiger partial charge on any atom is 0.00824 e. The summed E-state index contributed by atoms with van der Waals surface area (Å²) < 4.78 is 0. The molecule has 1 aromatic carbocycles. The second kappa shape index (κ2) is 7.00. The van der Waals surface area contributed by atoms with Gasteiger partial charge in [0.1, 0.15) is 0 Å². The SMILES string of the molecule is CCCC(CC)c1cc(-c2ccc3c(c2)[C@H](C)CCC3)cs1. The van der Waals surface area contributed by atoms with Gasteiger partial charge in [-0.3, -0.25) is 0 Å². The van der Waals surface area contributed by atoms with Gasteiger partial charge in [0, 0.05) is 4.88 Å². The van der Waals surface area contributed by atoms with Gasteiger partial charge in [0.05, 0.1) is 0 Å². The molecule has 1 unspecified atom stereocenters. The number of hydrogen-bond acceptors (Lipinski definition) is 1. The molecule has 0 N–H and O–H groups in total. The zero-order valence-corrected chi connectivity index (χ0v) is 15.0. The molecule has 0 amide bonds. The van der Waals surface area contributed by atoms with Crippen LogP contribution in [0.4, 0.5) is 0 Å². The summed E-state index contributed by atoms with van der Waals surface area (Å²) in [6, 6.07) is 9.62. The van der Waals surface area contributed by atoms with Crippen molar-refractivity contribution in [2.75, 3.05) is 0 Å². The van der Waals surface area contributed by atoms with Gasteiger partial charge in [0.15, 0.2) is 0 Å². The smallest absolute Gasteiger partial charge is 0.00824 e. The van der Waals surface area contributed by atoms with Crippen LogP contribution in [0.1, 0.15) is 80.7 Å². The van der Waals surface area contributed by atoms with Crippen molar-refractivity contribution in [3.8, 4) is 11.1 Å². The maximum atomic E-state index is 2.46. The standard InChI is InChI=1S/C21H28S/c1-4-7-16(5-2)21-13-19(14-22-21)18-11-10-17-9-6-8-15(3)20(17)12-18/h10-16H,4-9H2,1-3H3/t15-,16?/m1/s1. The van der Waals surface area contributed by atoms with E-state index >= 15 is 0 Å². The molecule has 1 aromatic heterocycles. The van der Waals surface area contributed by atoms with E-state index in [0.717, 1.165) is 11.8 Å². The molecular formula is C21H28S. The molecule has 2 aromatic rings. The monoisotopic (exact) mass is 312 g/mol. The predicted octanol–water partition coefficient (Wildman–Crippen LogP) is 7.15. The molecule has 0 saturated heterocycles. The fourth-order valence-electron chi connectivity index (χ4n) is 3.83. The maximum absolute atomic E-state index is 2.46. The van der Waals surface area contributed by atoms with Gasteiger partial charge in [-0.1, -0.05) is 45.4 Å². The molecule has 0 aliphatic heterocycles. The Morgan fingerprint density at radius 2 is 2.05 bits per heavy atom. The number of hydrogen-bond donors (Lipinski definition) is 0. The van der Waals surface area contributed by atoms with E-state index in [4.69, 9.17) is 0 Å². The first-order chi connectivity index (χ1) is 10.7. The normalized spacial score (nSPS) is 19.0. The molecule has 3 rings (SSSR count). The van der Waals surface area contributed by atoms with Gasteiger partial charge in [-0.15, -0.1) is 11.3 Å². The molecule has 0 bridgehead atoms. The van der Waals surface area contributed by atoms with Crippen LogP contribution in [0.5, 0.6) is 0 Å². The highest BCUT2D eigenvalue weighted by Crippen LogP contribution is 2.37. The van der Waals surface area contributed by atoms with E-state index in [1.807, 2.05) is 11.3 Å². The lowest BCUT2D eigenvalue weighted by atomic mass is 9.82. The van der Waals surface area contributed by atoms with E-state index in [1.54, 1.807) is 16.0 Å². The van der Waals surface area contributed by atoms with Crippen LogP contribution >= 0.6 is 11.3 Å². The molecule has 0 spiro atoms. The summed E-state index contributed by atoms with van der Waals surface area (Å²) in [7, 11) is 0. The van der Waals surface area contributed by atoms with E-state index in [2.05, 4.69) is 50.4 Å². The number of benzene rings is 1. The van der Waals surface area contributed by atoms with Gasteiger partial charge in [0.2, 0.25) is 0 Å². The number of aryl methyl sites for hydroxylation is 1. The van der Waals surface area contributed by atoms with Gasteiger partial charge in [-0.25, -0.2) is 0 Å². The largest absolute Gasteiger partial charge is 0.148 e. The fraction of sp³-hybridized carbons (Fsp3) is 0.524. The van der Waals surface area contributed by atoms with Crippen molar-refractivity contribution in [2.45, 2.75) is 71.1 Å². The molecule has 0 saturated carbocycles. The molecule has 1 heterocycles. The lowest BCUT2D eigenvalue weighted by Gasteiger charge is -2.22. The van der Waals surface area contributed by atoms with Crippen molar-refractivity contribution in [1.29, 1.82) is 0 Å². The third-order valence-corrected chi connectivity index (χ3v) is 6.34. The van der Waals surface area contributed by atoms with Gasteiger partial charge in [-0.05, 0) is 77.6 Å². The van der Waals surface area contributed by atoms with E-state index < -0.39 is 0 Å². The summed E-state index contributed by atoms with van der Waals surface area (Å²) >= 11 is 1.96. The van der Waals surface area contributed by atoms with Crippen LogP contribution in [-0.4, -0.2) is 0 Å². The van der Waals surface area contributed by atoms with Crippen LogP contribution in [-0.2, 0) is 6.42 Å². The van der Waals surface area contributed by atoms with Crippen molar-refractivity contribution in [1.82, 2.24) is 0 Å². The molecule has 1 aliphatic carbocycles. The Bertz CT molecular complexity index is 623. The van der Waals surface area contributed by atoms with E-state index in [9.17, 15) is 0 Å². The highest BCUT2D eigenvalue weighted by molar-refractivity contribution is 7.10. The Balaban J connectivity index is 1.89. The third-order valence-electron chi connectivity index (χ3n) is 5.25. The Hall–Kier alpha value is -1.08. The number of thiophene rings is 1. The number of rotatable bonds is 5. The molecule has 0 fully saturated rings. The minimum atomic E-state index is 0.727. The average molecular weight is 313 g/mol. The van der Waals surface area contributed by atoms with Crippen molar-refractivity contribution >= 4 is 11.3 Å². The lowest BCUT2D eigenvalue weighted by molar-refractivity contribution is 0.590. The first-order valence-electron chi connectivity index (χ1n) is 8.94. The van der Waals surface area contributed by atoms with Crippen molar-refractivity contribution < 1.29 is 0 Å². The Morgan fingerprint density at radius 1 is 1.18 bits per heavy atom. The zero-order valence-electron chi connectivity index (χ0n) is 14.2. The Labute approximate surface area is 139 Å². The molecular weight excluding hydrogens is 284 g/mol. The Kier molecular flexibility index (Phi) is 5.03. The average Bonchev–Trinajstić information content (AvgIpc) is 3.02. The summed E-state index contributed by atoms with van der Waals surface area (Å²) in [5.74, 6) is 1.48. The van der Waals surface area contributed by atoms with Gasteiger partial charge in [-0.2, -0.15) is 0 Å². The molecule has 0 nitrogen and oxygen atoms in total. The third kappa shape index (κ3) is 3.15. The number of fused-ring (bicyclic) bond motifs is 1. The van der Waals surface area contributed by atoms with E-state index in [-0.39, 0.29) is 0 Å². The first kappa shape index (κ1) is 15.8. The van der Waals surface area contributed by atoms with Gasteiger partial charge in [0.25, 0.3) is 0 Å². The van der Waals surface area contributed by atoms with Crippen LogP contribution in [0.25, 0.3) is 11.1 Å². The summed E-state index contributed by atoms with van der Waals surface area (Å²) in [4.78, 5) is 1.57. The highest BCUT2D eigenvalue weighted by atomic mass is 32.1. The molecule has 1 aliphatic rings. The van der Waals surface area contributed by atoms with Crippen LogP contribution in [0.15, 0.2) is 29.6 Å². The zero-order chi connectivity index (χ0) is 15.5. The summed E-state index contributed by atoms with van der Waals surface area (Å²) in [6.45, 7) is 7.00. The molecule has 2 atom stereocenters. The minimum absolute atomic E-state index is 0.727. The van der Waals surface area contributed by atoms with Crippen molar-refractivity contribution in [2.24, 2.45) is 0 Å². The van der Waals surface area contributed by atoms with Crippen LogP contribution in [0, 0.1) is 0 Å². The quantitative estimate of drug-likeness (QED) is 0.550. The molecule has 0 radical (unpaired) electrons. The van der Waals surface area contributed by atoms with E-state index in [0.29, 0.717) is 0 Å². The topological polar surface area (TPSA) is 0 Å². The molecule has 1 heteroatoms. The van der Waals surface area contributed by atoms with Crippen LogP contribution in [0.3, 0.4) is 0 Å². The first-order valence-corrected chi connectivity index (χ1v) is 9.82. The molecule has 22 heavy (non-hydrogen) atoms. The summed E-state index contributed by atoms with van der Waals surface area (Å²) in [6.07, 6.45) is 7.82. The molecule has 118 valence electrons. The second-order valence-corrected chi connectivity index (χ2v) is 7.78. The van der Waals surface area contributed by atoms with Crippen molar-refractivity contribution in [3.05, 3.63) is 45.6 Å². The van der Waals surface area contributed by atoms with Gasteiger partial charge >= 0.3 is 0 Å². The lowest BCUT2D eigenvalue weighted by Crippen LogP contribution is -2.06. The van der Waals surface area contributed by atoms with E-state index in [1.165, 1.54) is 49.7 Å². The van der Waals surface area contributed by atoms with Gasteiger partial charge < -0.3 is 0 Å². The van der Waals surface area contributed by atoms with Crippen LogP contribution in [0.2, 0.25) is 0 Å². The van der Waals surface area contributed by atoms with Crippen molar-refractivity contribution in [3.63, 3.8) is 0 Å². The summed E-state index contributed by atoms with van der Waals surface area (Å²) in [5.41, 5.74) is 6.02.